The number of aryl methyl sites for hydroxylation is 1. The average molecular weight is 553 g/mol. The summed E-state index contributed by atoms with van der Waals surface area (Å²) in [7, 11) is -2.73. The van der Waals surface area contributed by atoms with Crippen LogP contribution in [0, 0.1) is 0 Å². The summed E-state index contributed by atoms with van der Waals surface area (Å²) in [6, 6.07) is 19.4. The Morgan fingerprint density at radius 3 is 2.37 bits per heavy atom. The third-order valence-electron chi connectivity index (χ3n) is 5.54. The second-order valence-electron chi connectivity index (χ2n) is 8.13. The monoisotopic (exact) mass is 552 g/mol. The predicted octanol–water partition coefficient (Wildman–Crippen LogP) is 4.70. The molecule has 0 aromatic heterocycles. The predicted molar refractivity (Wildman–Crippen MR) is 144 cm³/mol. The van der Waals surface area contributed by atoms with Gasteiger partial charge < -0.3 is 14.2 Å². The molecule has 0 atom stereocenters. The number of thioether (sulfide) groups is 1. The lowest BCUT2D eigenvalue weighted by Gasteiger charge is -2.13. The number of amides is 3. The minimum absolute atomic E-state index is 0.0122. The van der Waals surface area contributed by atoms with Gasteiger partial charge in [-0.3, -0.25) is 19.3 Å². The molecular weight excluding hydrogens is 528 g/mol. The first-order valence-corrected chi connectivity index (χ1v) is 13.7. The molecular formula is C27H24N2O7S2. The third-order valence-corrected chi connectivity index (χ3v) is 7.69. The zero-order valence-corrected chi connectivity index (χ0v) is 22.2. The first-order chi connectivity index (χ1) is 18.2. The van der Waals surface area contributed by atoms with E-state index in [1.807, 2.05) is 19.1 Å². The Kier molecular flexibility index (Phi) is 8.18. The zero-order valence-electron chi connectivity index (χ0n) is 20.5. The largest absolute Gasteiger partial charge is 0.493 e. The minimum Gasteiger partial charge on any atom is -0.493 e. The lowest BCUT2D eigenvalue weighted by Crippen LogP contribution is -2.36. The molecule has 3 amide bonds. The highest BCUT2D eigenvalue weighted by atomic mass is 32.2. The summed E-state index contributed by atoms with van der Waals surface area (Å²) < 4.78 is 35.7. The maximum Gasteiger partial charge on any atom is 0.339 e. The van der Waals surface area contributed by atoms with Crippen LogP contribution in [0.25, 0.3) is 6.08 Å². The molecule has 1 aliphatic rings. The molecule has 3 aromatic carbocycles. The Labute approximate surface area is 224 Å². The van der Waals surface area contributed by atoms with Crippen LogP contribution in [0.3, 0.4) is 0 Å². The number of hydrogen-bond acceptors (Lipinski definition) is 8. The third kappa shape index (κ3) is 6.24. The van der Waals surface area contributed by atoms with Crippen molar-refractivity contribution in [3.05, 3.63) is 88.8 Å². The zero-order chi connectivity index (χ0) is 27.3. The van der Waals surface area contributed by atoms with E-state index in [0.29, 0.717) is 23.0 Å². The van der Waals surface area contributed by atoms with Gasteiger partial charge in [0.1, 0.15) is 11.4 Å². The first-order valence-electron chi connectivity index (χ1n) is 11.5. The van der Waals surface area contributed by atoms with Gasteiger partial charge >= 0.3 is 10.1 Å². The van der Waals surface area contributed by atoms with Gasteiger partial charge in [-0.2, -0.15) is 8.42 Å². The topological polar surface area (TPSA) is 119 Å². The number of benzene rings is 3. The summed E-state index contributed by atoms with van der Waals surface area (Å²) in [5.74, 6) is -1.03. The number of nitrogens with one attached hydrogen (secondary N) is 1. The van der Waals surface area contributed by atoms with Crippen LogP contribution in [0.1, 0.15) is 18.1 Å². The van der Waals surface area contributed by atoms with Gasteiger partial charge in [0, 0.05) is 5.69 Å². The molecule has 3 aromatic rings. The molecule has 11 heteroatoms. The molecule has 0 bridgehead atoms. The van der Waals surface area contributed by atoms with Crippen LogP contribution in [-0.2, 0) is 26.1 Å². The summed E-state index contributed by atoms with van der Waals surface area (Å²) in [5.41, 5.74) is 2.16. The van der Waals surface area contributed by atoms with Crippen molar-refractivity contribution in [1.29, 1.82) is 0 Å². The van der Waals surface area contributed by atoms with Crippen molar-refractivity contribution in [1.82, 2.24) is 4.90 Å². The van der Waals surface area contributed by atoms with Crippen molar-refractivity contribution in [2.75, 3.05) is 19.0 Å². The molecule has 1 fully saturated rings. The van der Waals surface area contributed by atoms with Crippen molar-refractivity contribution in [2.45, 2.75) is 18.2 Å². The van der Waals surface area contributed by atoms with Crippen LogP contribution < -0.4 is 14.2 Å². The average Bonchev–Trinajstić information content (AvgIpc) is 3.17. The molecule has 1 N–H and O–H groups in total. The molecule has 1 saturated heterocycles. The SMILES string of the molecule is CCc1ccc(NC(=O)CN2C(=O)S/C(=C\c3ccc(OS(=O)(=O)c4ccccc4)c(OC)c3)C2=O)cc1. The van der Waals surface area contributed by atoms with Crippen molar-refractivity contribution in [3.8, 4) is 11.5 Å². The summed E-state index contributed by atoms with van der Waals surface area (Å²) in [4.78, 5) is 38.7. The molecule has 0 aliphatic carbocycles. The van der Waals surface area contributed by atoms with Gasteiger partial charge in [-0.1, -0.05) is 43.3 Å². The second kappa shape index (κ2) is 11.5. The van der Waals surface area contributed by atoms with Gasteiger partial charge in [-0.25, -0.2) is 0 Å². The van der Waals surface area contributed by atoms with Gasteiger partial charge in [0.2, 0.25) is 5.91 Å². The maximum atomic E-state index is 12.9. The van der Waals surface area contributed by atoms with Crippen LogP contribution in [0.4, 0.5) is 10.5 Å². The van der Waals surface area contributed by atoms with Gasteiger partial charge in [0.25, 0.3) is 11.1 Å². The Bertz CT molecular complexity index is 1500. The Morgan fingerprint density at radius 2 is 1.71 bits per heavy atom. The lowest BCUT2D eigenvalue weighted by molar-refractivity contribution is -0.127. The minimum atomic E-state index is -4.09. The molecule has 9 nitrogen and oxygen atoms in total. The van der Waals surface area contributed by atoms with E-state index < -0.39 is 33.7 Å². The van der Waals surface area contributed by atoms with Gasteiger partial charge in [0.05, 0.1) is 12.0 Å². The maximum absolute atomic E-state index is 12.9. The number of ether oxygens (including phenoxy) is 1. The lowest BCUT2D eigenvalue weighted by atomic mass is 10.1. The quantitative estimate of drug-likeness (QED) is 0.300. The van der Waals surface area contributed by atoms with Crippen molar-refractivity contribution >= 4 is 50.7 Å². The number of rotatable bonds is 9. The van der Waals surface area contributed by atoms with Crippen molar-refractivity contribution in [2.24, 2.45) is 0 Å². The van der Waals surface area contributed by atoms with Gasteiger partial charge in [-0.15, -0.1) is 0 Å². The summed E-state index contributed by atoms with van der Waals surface area (Å²) in [6.45, 7) is 1.60. The fourth-order valence-electron chi connectivity index (χ4n) is 3.55. The molecule has 1 aliphatic heterocycles. The van der Waals surface area contributed by atoms with Crippen LogP contribution in [0.2, 0.25) is 0 Å². The standard InChI is InChI=1S/C27H24N2O7S2/c1-3-18-9-12-20(13-10-18)28-25(30)17-29-26(31)24(37-27(29)32)16-19-11-14-22(23(15-19)35-2)36-38(33,34)21-7-5-4-6-8-21/h4-16H,3,17H2,1-2H3,(H,28,30)/b24-16-. The van der Waals surface area contributed by atoms with E-state index in [1.54, 1.807) is 30.3 Å². The second-order valence-corrected chi connectivity index (χ2v) is 10.7. The molecule has 0 radical (unpaired) electrons. The number of methoxy groups -OCH3 is 1. The van der Waals surface area contributed by atoms with E-state index in [4.69, 9.17) is 8.92 Å². The van der Waals surface area contributed by atoms with Crippen molar-refractivity contribution in [3.63, 3.8) is 0 Å². The number of carbonyl (C=O) groups is 3. The molecule has 4 rings (SSSR count). The van der Waals surface area contributed by atoms with Crippen LogP contribution in [-0.4, -0.2) is 44.0 Å². The Hall–Kier alpha value is -4.09. The summed E-state index contributed by atoms with van der Waals surface area (Å²) >= 11 is 0.705. The normalized spacial score (nSPS) is 14.6. The first kappa shape index (κ1) is 27.0. The number of hydrogen-bond donors (Lipinski definition) is 1. The molecule has 1 heterocycles. The highest BCUT2D eigenvalue weighted by Gasteiger charge is 2.36. The Balaban J connectivity index is 1.46. The number of imide groups is 1. The number of carbonyl (C=O) groups excluding carboxylic acids is 3. The van der Waals surface area contributed by atoms with Crippen LogP contribution >= 0.6 is 11.8 Å². The van der Waals surface area contributed by atoms with Gasteiger partial charge in [-0.05, 0) is 71.8 Å². The number of anilines is 1. The number of nitrogens with zero attached hydrogens (tertiary/aromatic N) is 1. The summed E-state index contributed by atoms with van der Waals surface area (Å²) in [5, 5.41) is 2.11. The highest BCUT2D eigenvalue weighted by molar-refractivity contribution is 8.18. The van der Waals surface area contributed by atoms with E-state index >= 15 is 0 Å². The summed E-state index contributed by atoms with van der Waals surface area (Å²) in [6.07, 6.45) is 2.33. The molecule has 0 saturated carbocycles. The van der Waals surface area contributed by atoms with Crippen LogP contribution in [0.5, 0.6) is 11.5 Å². The highest BCUT2D eigenvalue weighted by Crippen LogP contribution is 2.35. The van der Waals surface area contributed by atoms with Gasteiger partial charge in [0.15, 0.2) is 11.5 Å². The van der Waals surface area contributed by atoms with E-state index in [1.165, 1.54) is 43.5 Å². The molecule has 0 spiro atoms. The Morgan fingerprint density at radius 1 is 1.00 bits per heavy atom. The van der Waals surface area contributed by atoms with E-state index in [-0.39, 0.29) is 21.3 Å². The fraction of sp³-hybridized carbons (Fsp3) is 0.148. The molecule has 38 heavy (non-hydrogen) atoms. The molecule has 0 unspecified atom stereocenters. The fourth-order valence-corrected chi connectivity index (χ4v) is 5.35. The van der Waals surface area contributed by atoms with E-state index in [2.05, 4.69) is 5.32 Å². The van der Waals surface area contributed by atoms with Crippen LogP contribution in [0.15, 0.2) is 82.6 Å². The van der Waals surface area contributed by atoms with E-state index in [0.717, 1.165) is 16.9 Å². The van der Waals surface area contributed by atoms with E-state index in [9.17, 15) is 22.8 Å². The van der Waals surface area contributed by atoms with Crippen molar-refractivity contribution < 1.29 is 31.7 Å². The molecule has 196 valence electrons. The smallest absolute Gasteiger partial charge is 0.339 e.